The molecule has 0 unspecified atom stereocenters. The molecule has 0 saturated carbocycles. The van der Waals surface area contributed by atoms with Crippen LogP contribution in [0.4, 0.5) is 18.9 Å². The second kappa shape index (κ2) is 6.42. The number of halogens is 3. The minimum absolute atomic E-state index is 0.0146. The summed E-state index contributed by atoms with van der Waals surface area (Å²) in [5.41, 5.74) is -0.600. The van der Waals surface area contributed by atoms with Gasteiger partial charge in [0.15, 0.2) is 6.61 Å². The van der Waals surface area contributed by atoms with E-state index in [1.54, 1.807) is 13.0 Å². The van der Waals surface area contributed by atoms with Gasteiger partial charge >= 0.3 is 12.2 Å². The van der Waals surface area contributed by atoms with E-state index in [1.807, 2.05) is 0 Å². The predicted molar refractivity (Wildman–Crippen MR) is 72.3 cm³/mol. The Morgan fingerprint density at radius 3 is 2.68 bits per heavy atom. The number of anilines is 1. The first kappa shape index (κ1) is 15.7. The zero-order chi connectivity index (χ0) is 16.2. The minimum Gasteiger partial charge on any atom is -0.453 e. The highest BCUT2D eigenvalue weighted by Crippen LogP contribution is 2.34. The van der Waals surface area contributed by atoms with Crippen LogP contribution in [0.25, 0.3) is 0 Å². The largest absolute Gasteiger partial charge is 0.453 e. The highest BCUT2D eigenvalue weighted by Gasteiger charge is 2.33. The molecule has 0 fully saturated rings. The Labute approximate surface area is 124 Å². The van der Waals surface area contributed by atoms with Gasteiger partial charge in [-0.05, 0) is 25.1 Å². The number of carbonyl (C=O) groups is 1. The molecule has 5 nitrogen and oxygen atoms in total. The Kier molecular flexibility index (Phi) is 4.59. The van der Waals surface area contributed by atoms with Gasteiger partial charge in [-0.25, -0.2) is 9.97 Å². The number of para-hydroxylation sites is 1. The van der Waals surface area contributed by atoms with Gasteiger partial charge in [0.2, 0.25) is 0 Å². The number of amides is 1. The summed E-state index contributed by atoms with van der Waals surface area (Å²) in [7, 11) is 0. The van der Waals surface area contributed by atoms with Crippen LogP contribution in [-0.4, -0.2) is 22.5 Å². The first-order valence-electron chi connectivity index (χ1n) is 6.25. The van der Waals surface area contributed by atoms with Gasteiger partial charge in [0.25, 0.3) is 5.91 Å². The summed E-state index contributed by atoms with van der Waals surface area (Å²) in [4.78, 5) is 19.4. The maximum absolute atomic E-state index is 12.8. The molecule has 2 aromatic rings. The van der Waals surface area contributed by atoms with Crippen LogP contribution in [0.3, 0.4) is 0 Å². The standard InChI is InChI=1S/C14H12F3N3O2/c1-9-6-7-18-13(19-9)22-8-12(21)20-11-5-3-2-4-10(11)14(15,16)17/h2-7H,8H2,1H3,(H,20,21). The lowest BCUT2D eigenvalue weighted by atomic mass is 10.1. The van der Waals surface area contributed by atoms with Crippen LogP contribution in [-0.2, 0) is 11.0 Å². The topological polar surface area (TPSA) is 64.1 Å². The van der Waals surface area contributed by atoms with Gasteiger partial charge in [0, 0.05) is 11.9 Å². The first-order valence-corrected chi connectivity index (χ1v) is 6.25. The van der Waals surface area contributed by atoms with Crippen LogP contribution in [0.15, 0.2) is 36.5 Å². The predicted octanol–water partition coefficient (Wildman–Crippen LogP) is 2.82. The second-order valence-corrected chi connectivity index (χ2v) is 4.36. The summed E-state index contributed by atoms with van der Waals surface area (Å²) in [5, 5.41) is 2.16. The van der Waals surface area contributed by atoms with Crippen molar-refractivity contribution in [3.05, 3.63) is 47.8 Å². The maximum atomic E-state index is 12.8. The summed E-state index contributed by atoms with van der Waals surface area (Å²) in [6, 6.07) is 6.33. The Bertz CT molecular complexity index is 674. The zero-order valence-electron chi connectivity index (χ0n) is 11.5. The Balaban J connectivity index is 2.01. The van der Waals surface area contributed by atoms with Crippen molar-refractivity contribution < 1.29 is 22.7 Å². The van der Waals surface area contributed by atoms with Gasteiger partial charge in [-0.15, -0.1) is 0 Å². The van der Waals surface area contributed by atoms with E-state index in [9.17, 15) is 18.0 Å². The van der Waals surface area contributed by atoms with E-state index < -0.39 is 24.3 Å². The van der Waals surface area contributed by atoms with Crippen molar-refractivity contribution in [2.75, 3.05) is 11.9 Å². The van der Waals surface area contributed by atoms with Crippen molar-refractivity contribution in [2.45, 2.75) is 13.1 Å². The zero-order valence-corrected chi connectivity index (χ0v) is 11.5. The lowest BCUT2D eigenvalue weighted by Crippen LogP contribution is -2.22. The molecule has 0 aliphatic rings. The van der Waals surface area contributed by atoms with E-state index >= 15 is 0 Å². The minimum atomic E-state index is -4.55. The fraction of sp³-hybridized carbons (Fsp3) is 0.214. The average molecular weight is 311 g/mol. The summed E-state index contributed by atoms with van der Waals surface area (Å²) in [6.07, 6.45) is -3.10. The molecule has 1 heterocycles. The fourth-order valence-corrected chi connectivity index (χ4v) is 1.65. The van der Waals surface area contributed by atoms with Crippen molar-refractivity contribution in [3.63, 3.8) is 0 Å². The van der Waals surface area contributed by atoms with Crippen LogP contribution < -0.4 is 10.1 Å². The maximum Gasteiger partial charge on any atom is 0.418 e. The van der Waals surface area contributed by atoms with Crippen LogP contribution in [0, 0.1) is 6.92 Å². The summed E-state index contributed by atoms with van der Waals surface area (Å²) < 4.78 is 43.4. The summed E-state index contributed by atoms with van der Waals surface area (Å²) in [6.45, 7) is 1.23. The molecule has 0 aliphatic carbocycles. The van der Waals surface area contributed by atoms with Gasteiger partial charge in [-0.3, -0.25) is 4.79 Å². The van der Waals surface area contributed by atoms with Crippen LogP contribution in [0.1, 0.15) is 11.3 Å². The number of benzene rings is 1. The summed E-state index contributed by atoms with van der Waals surface area (Å²) in [5.74, 6) is -0.734. The van der Waals surface area contributed by atoms with Crippen molar-refractivity contribution >= 4 is 11.6 Å². The quantitative estimate of drug-likeness (QED) is 0.943. The molecule has 1 amide bonds. The van der Waals surface area contributed by atoms with Gasteiger partial charge < -0.3 is 10.1 Å². The van der Waals surface area contributed by atoms with E-state index in [-0.39, 0.29) is 11.7 Å². The van der Waals surface area contributed by atoms with E-state index in [1.165, 1.54) is 24.4 Å². The van der Waals surface area contributed by atoms with Crippen molar-refractivity contribution in [2.24, 2.45) is 0 Å². The second-order valence-electron chi connectivity index (χ2n) is 4.36. The third kappa shape index (κ3) is 4.18. The highest BCUT2D eigenvalue weighted by atomic mass is 19.4. The molecule has 0 spiro atoms. The number of aromatic nitrogens is 2. The molecule has 0 radical (unpaired) electrons. The van der Waals surface area contributed by atoms with Gasteiger partial charge in [0.05, 0.1) is 11.3 Å². The molecule has 1 aromatic heterocycles. The molecule has 116 valence electrons. The molecule has 2 rings (SSSR count). The highest BCUT2D eigenvalue weighted by molar-refractivity contribution is 5.92. The third-order valence-corrected chi connectivity index (χ3v) is 2.61. The molecule has 0 aliphatic heterocycles. The van der Waals surface area contributed by atoms with Crippen LogP contribution in [0.2, 0.25) is 0 Å². The van der Waals surface area contributed by atoms with Crippen molar-refractivity contribution in [3.8, 4) is 6.01 Å². The average Bonchev–Trinajstić information content (AvgIpc) is 2.45. The normalized spacial score (nSPS) is 11.1. The molecule has 22 heavy (non-hydrogen) atoms. The van der Waals surface area contributed by atoms with Gasteiger partial charge in [-0.1, -0.05) is 12.1 Å². The molecule has 0 atom stereocenters. The number of carbonyl (C=O) groups excluding carboxylic acids is 1. The molecular weight excluding hydrogens is 299 g/mol. The molecule has 1 aromatic carbocycles. The van der Waals surface area contributed by atoms with E-state index in [4.69, 9.17) is 4.74 Å². The number of ether oxygens (including phenoxy) is 1. The molecule has 0 bridgehead atoms. The first-order chi connectivity index (χ1) is 10.4. The number of rotatable bonds is 4. The number of hydrogen-bond donors (Lipinski definition) is 1. The monoisotopic (exact) mass is 311 g/mol. The van der Waals surface area contributed by atoms with Crippen LogP contribution in [0.5, 0.6) is 6.01 Å². The van der Waals surface area contributed by atoms with Crippen molar-refractivity contribution in [1.29, 1.82) is 0 Å². The van der Waals surface area contributed by atoms with Gasteiger partial charge in [-0.2, -0.15) is 13.2 Å². The van der Waals surface area contributed by atoms with Crippen LogP contribution >= 0.6 is 0 Å². The van der Waals surface area contributed by atoms with E-state index in [0.717, 1.165) is 6.07 Å². The number of hydrogen-bond acceptors (Lipinski definition) is 4. The SMILES string of the molecule is Cc1ccnc(OCC(=O)Nc2ccccc2C(F)(F)F)n1. The Morgan fingerprint density at radius 2 is 2.00 bits per heavy atom. The Hall–Kier alpha value is -2.64. The molecule has 8 heteroatoms. The van der Waals surface area contributed by atoms with E-state index in [2.05, 4.69) is 15.3 Å². The van der Waals surface area contributed by atoms with Crippen molar-refractivity contribution in [1.82, 2.24) is 9.97 Å². The smallest absolute Gasteiger partial charge is 0.418 e. The van der Waals surface area contributed by atoms with Gasteiger partial charge in [0.1, 0.15) is 0 Å². The number of alkyl halides is 3. The summed E-state index contributed by atoms with van der Waals surface area (Å²) >= 11 is 0. The number of nitrogens with one attached hydrogen (secondary N) is 1. The van der Waals surface area contributed by atoms with E-state index in [0.29, 0.717) is 5.69 Å². The molecule has 1 N–H and O–H groups in total. The number of aryl methyl sites for hydroxylation is 1. The Morgan fingerprint density at radius 1 is 1.27 bits per heavy atom. The number of nitrogens with zero attached hydrogens (tertiary/aromatic N) is 2. The molecular formula is C14H12F3N3O2. The lowest BCUT2D eigenvalue weighted by Gasteiger charge is -2.13. The molecule has 0 saturated heterocycles. The lowest BCUT2D eigenvalue weighted by molar-refractivity contribution is -0.137. The fourth-order valence-electron chi connectivity index (χ4n) is 1.65. The third-order valence-electron chi connectivity index (χ3n) is 2.61.